The number of carbonyl (C=O) groups is 1. The van der Waals surface area contributed by atoms with Gasteiger partial charge < -0.3 is 14.8 Å². The number of nitrogens with one attached hydrogen (secondary N) is 1. The lowest BCUT2D eigenvalue weighted by Gasteiger charge is -2.21. The highest BCUT2D eigenvalue weighted by Gasteiger charge is 2.27. The molecule has 0 bridgehead atoms. The topological polar surface area (TPSA) is 96.8 Å². The Balaban J connectivity index is 1.83. The summed E-state index contributed by atoms with van der Waals surface area (Å²) < 4.78 is 6.54. The van der Waals surface area contributed by atoms with Gasteiger partial charge in [0.15, 0.2) is 4.96 Å². The molecule has 0 saturated carbocycles. The van der Waals surface area contributed by atoms with E-state index in [0.717, 1.165) is 5.69 Å². The van der Waals surface area contributed by atoms with E-state index in [0.29, 0.717) is 10.7 Å². The van der Waals surface area contributed by atoms with Crippen LogP contribution in [0.15, 0.2) is 39.2 Å². The maximum atomic E-state index is 12.4. The van der Waals surface area contributed by atoms with Crippen molar-refractivity contribution in [3.63, 3.8) is 0 Å². The van der Waals surface area contributed by atoms with Gasteiger partial charge in [0.2, 0.25) is 0 Å². The Bertz CT molecular complexity index is 909. The fourth-order valence-corrected chi connectivity index (χ4v) is 3.03. The third kappa shape index (κ3) is 2.78. The number of carbonyl (C=O) groups excluding carboxylic acids is 1. The van der Waals surface area contributed by atoms with E-state index in [2.05, 4.69) is 10.3 Å². The molecule has 0 aliphatic carbocycles. The Morgan fingerprint density at radius 3 is 3.04 bits per heavy atom. The van der Waals surface area contributed by atoms with Crippen LogP contribution in [0.4, 0.5) is 0 Å². The van der Waals surface area contributed by atoms with Gasteiger partial charge in [0, 0.05) is 17.3 Å². The molecule has 1 amide bonds. The first kappa shape index (κ1) is 15.4. The maximum absolute atomic E-state index is 12.4. The second-order valence-corrected chi connectivity index (χ2v) is 6.24. The Morgan fingerprint density at radius 1 is 1.57 bits per heavy atom. The quantitative estimate of drug-likeness (QED) is 0.750. The molecular weight excluding hydrogens is 318 g/mol. The van der Waals surface area contributed by atoms with Gasteiger partial charge in [0.25, 0.3) is 11.5 Å². The number of amides is 1. The number of nitrogens with zero attached hydrogens (tertiary/aromatic N) is 2. The summed E-state index contributed by atoms with van der Waals surface area (Å²) in [5, 5.41) is 14.7. The zero-order valence-electron chi connectivity index (χ0n) is 12.6. The van der Waals surface area contributed by atoms with Gasteiger partial charge in [-0.05, 0) is 26.0 Å². The lowest BCUT2D eigenvalue weighted by molar-refractivity contribution is 0.0330. The van der Waals surface area contributed by atoms with Gasteiger partial charge >= 0.3 is 0 Å². The molecule has 3 aromatic rings. The molecule has 2 N–H and O–H groups in total. The molecule has 7 nitrogen and oxygen atoms in total. The minimum atomic E-state index is -1.37. The molecule has 8 heteroatoms. The van der Waals surface area contributed by atoms with Gasteiger partial charge in [-0.25, -0.2) is 4.98 Å². The van der Waals surface area contributed by atoms with Crippen molar-refractivity contribution in [2.24, 2.45) is 0 Å². The van der Waals surface area contributed by atoms with Gasteiger partial charge in [-0.3, -0.25) is 14.0 Å². The lowest BCUT2D eigenvalue weighted by atomic mass is 10.0. The van der Waals surface area contributed by atoms with Crippen LogP contribution < -0.4 is 10.9 Å². The van der Waals surface area contributed by atoms with Crippen molar-refractivity contribution in [1.82, 2.24) is 14.7 Å². The summed E-state index contributed by atoms with van der Waals surface area (Å²) in [6.45, 7) is 3.20. The fraction of sp³-hybridized carbons (Fsp3) is 0.267. The van der Waals surface area contributed by atoms with Crippen LogP contribution in [-0.2, 0) is 5.60 Å². The number of hydrogen-bond donors (Lipinski definition) is 2. The maximum Gasteiger partial charge on any atom is 0.271 e. The number of hydrogen-bond acceptors (Lipinski definition) is 6. The number of aromatic nitrogens is 2. The zero-order valence-corrected chi connectivity index (χ0v) is 13.4. The molecule has 3 rings (SSSR count). The first-order valence-electron chi connectivity index (χ1n) is 6.90. The van der Waals surface area contributed by atoms with Crippen LogP contribution in [0, 0.1) is 6.92 Å². The molecule has 0 aliphatic rings. The van der Waals surface area contributed by atoms with Crippen molar-refractivity contribution in [3.8, 4) is 0 Å². The summed E-state index contributed by atoms with van der Waals surface area (Å²) in [5.41, 5.74) is -1.14. The summed E-state index contributed by atoms with van der Waals surface area (Å²) in [7, 11) is 0. The number of furan rings is 1. The molecule has 0 spiro atoms. The molecule has 3 aromatic heterocycles. The molecule has 0 aromatic carbocycles. The molecular formula is C15H15N3O4S. The van der Waals surface area contributed by atoms with E-state index in [1.807, 2.05) is 0 Å². The third-order valence-electron chi connectivity index (χ3n) is 3.51. The summed E-state index contributed by atoms with van der Waals surface area (Å²) in [4.78, 5) is 29.3. The van der Waals surface area contributed by atoms with Gasteiger partial charge in [-0.2, -0.15) is 0 Å². The predicted molar refractivity (Wildman–Crippen MR) is 84.7 cm³/mol. The average Bonchev–Trinajstić information content (AvgIpc) is 3.16. The number of rotatable bonds is 4. The van der Waals surface area contributed by atoms with Gasteiger partial charge in [-0.1, -0.05) is 0 Å². The van der Waals surface area contributed by atoms with Crippen LogP contribution in [-0.4, -0.2) is 26.9 Å². The normalized spacial score (nSPS) is 13.9. The van der Waals surface area contributed by atoms with Crippen molar-refractivity contribution in [2.45, 2.75) is 19.4 Å². The van der Waals surface area contributed by atoms with E-state index >= 15 is 0 Å². The minimum absolute atomic E-state index is 0.0701. The molecule has 23 heavy (non-hydrogen) atoms. The van der Waals surface area contributed by atoms with Crippen LogP contribution >= 0.6 is 11.3 Å². The average molecular weight is 333 g/mol. The van der Waals surface area contributed by atoms with Gasteiger partial charge in [0.05, 0.1) is 12.8 Å². The highest BCUT2D eigenvalue weighted by Crippen LogP contribution is 2.19. The van der Waals surface area contributed by atoms with Crippen LogP contribution in [0.25, 0.3) is 4.96 Å². The van der Waals surface area contributed by atoms with Crippen molar-refractivity contribution in [3.05, 3.63) is 57.3 Å². The molecule has 0 radical (unpaired) electrons. The monoisotopic (exact) mass is 333 g/mol. The highest BCUT2D eigenvalue weighted by molar-refractivity contribution is 7.15. The second-order valence-electron chi connectivity index (χ2n) is 5.41. The first-order chi connectivity index (χ1) is 10.9. The summed E-state index contributed by atoms with van der Waals surface area (Å²) in [6, 6.07) is 3.26. The SMILES string of the molecule is Cc1csc2ncc(C(=O)NCC(C)(O)c3ccco3)c(=O)n12. The largest absolute Gasteiger partial charge is 0.466 e. The molecule has 0 fully saturated rings. The Labute approximate surface area is 135 Å². The molecule has 0 aliphatic heterocycles. The van der Waals surface area contributed by atoms with Crippen LogP contribution in [0.3, 0.4) is 0 Å². The first-order valence-corrected chi connectivity index (χ1v) is 7.78. The molecule has 1 unspecified atom stereocenters. The van der Waals surface area contributed by atoms with Crippen molar-refractivity contribution in [2.75, 3.05) is 6.54 Å². The van der Waals surface area contributed by atoms with E-state index in [4.69, 9.17) is 4.42 Å². The molecule has 3 heterocycles. The zero-order chi connectivity index (χ0) is 16.6. The van der Waals surface area contributed by atoms with Crippen molar-refractivity contribution < 1.29 is 14.3 Å². The van der Waals surface area contributed by atoms with Gasteiger partial charge in [-0.15, -0.1) is 11.3 Å². The molecule has 120 valence electrons. The summed E-state index contributed by atoms with van der Waals surface area (Å²) in [6.07, 6.45) is 2.69. The number of aliphatic hydroxyl groups is 1. The summed E-state index contributed by atoms with van der Waals surface area (Å²) in [5.74, 6) is -0.258. The number of fused-ring (bicyclic) bond motifs is 1. The van der Waals surface area contributed by atoms with Crippen molar-refractivity contribution in [1.29, 1.82) is 0 Å². The lowest BCUT2D eigenvalue weighted by Crippen LogP contribution is -2.40. The van der Waals surface area contributed by atoms with E-state index in [-0.39, 0.29) is 12.1 Å². The van der Waals surface area contributed by atoms with Crippen LogP contribution in [0.2, 0.25) is 0 Å². The van der Waals surface area contributed by atoms with E-state index in [1.165, 1.54) is 35.1 Å². The Hall–Kier alpha value is -2.45. The van der Waals surface area contributed by atoms with Gasteiger partial charge in [0.1, 0.15) is 16.9 Å². The second kappa shape index (κ2) is 5.64. The standard InChI is InChI=1S/C15H15N3O4S/c1-9-7-23-14-16-6-10(13(20)18(9)14)12(19)17-8-15(2,21)11-4-3-5-22-11/h3-7,21H,8H2,1-2H3,(H,17,19). The Kier molecular flexibility index (Phi) is 3.78. The minimum Gasteiger partial charge on any atom is -0.466 e. The van der Waals surface area contributed by atoms with Crippen LogP contribution in [0.5, 0.6) is 0 Å². The fourth-order valence-electron chi connectivity index (χ4n) is 2.20. The third-order valence-corrected chi connectivity index (χ3v) is 4.46. The van der Waals surface area contributed by atoms with E-state index in [9.17, 15) is 14.7 Å². The van der Waals surface area contributed by atoms with Crippen molar-refractivity contribution >= 4 is 22.2 Å². The molecule has 0 saturated heterocycles. The van der Waals surface area contributed by atoms with Crippen LogP contribution in [0.1, 0.15) is 28.7 Å². The summed E-state index contributed by atoms with van der Waals surface area (Å²) >= 11 is 1.33. The molecule has 1 atom stereocenters. The number of aryl methyl sites for hydroxylation is 1. The van der Waals surface area contributed by atoms with E-state index in [1.54, 1.807) is 24.4 Å². The number of thiazole rings is 1. The smallest absolute Gasteiger partial charge is 0.271 e. The predicted octanol–water partition coefficient (Wildman–Crippen LogP) is 1.29. The Morgan fingerprint density at radius 2 is 2.35 bits per heavy atom. The van der Waals surface area contributed by atoms with E-state index < -0.39 is 17.1 Å². The highest BCUT2D eigenvalue weighted by atomic mass is 32.1.